The largest absolute Gasteiger partial charge is 0.342 e. The highest BCUT2D eigenvalue weighted by Gasteiger charge is 2.19. The number of carbonyl (C=O) groups excluding carboxylic acids is 1. The van der Waals surface area contributed by atoms with E-state index >= 15 is 0 Å². The van der Waals surface area contributed by atoms with Crippen LogP contribution in [0.1, 0.15) is 11.6 Å². The standard InChI is InChI=1S/C14H17ClN4O/c1-18(8-9-19-7-6-17-10-19)14(20)13(16)11-2-4-12(15)5-3-11/h2-7,10,13H,8-9,16H2,1H3. The molecule has 2 rings (SSSR count). The van der Waals surface area contributed by atoms with Crippen LogP contribution in [0.4, 0.5) is 0 Å². The third kappa shape index (κ3) is 3.59. The Morgan fingerprint density at radius 3 is 2.75 bits per heavy atom. The van der Waals surface area contributed by atoms with Crippen molar-refractivity contribution in [1.29, 1.82) is 0 Å². The Labute approximate surface area is 123 Å². The zero-order valence-electron chi connectivity index (χ0n) is 11.2. The Bertz CT molecular complexity index is 553. The van der Waals surface area contributed by atoms with E-state index < -0.39 is 6.04 Å². The van der Waals surface area contributed by atoms with Crippen molar-refractivity contribution < 1.29 is 4.79 Å². The van der Waals surface area contributed by atoms with Gasteiger partial charge in [-0.3, -0.25) is 4.79 Å². The maximum atomic E-state index is 12.2. The highest BCUT2D eigenvalue weighted by atomic mass is 35.5. The first-order chi connectivity index (χ1) is 9.58. The molecule has 6 heteroatoms. The summed E-state index contributed by atoms with van der Waals surface area (Å²) in [5, 5.41) is 0.627. The van der Waals surface area contributed by atoms with E-state index in [0.29, 0.717) is 18.1 Å². The SMILES string of the molecule is CN(CCn1ccnc1)C(=O)C(N)c1ccc(Cl)cc1. The number of nitrogens with two attached hydrogens (primary N) is 1. The van der Waals surface area contributed by atoms with E-state index in [4.69, 9.17) is 17.3 Å². The molecule has 0 aliphatic heterocycles. The smallest absolute Gasteiger partial charge is 0.243 e. The molecule has 1 atom stereocenters. The number of imidazole rings is 1. The van der Waals surface area contributed by atoms with Gasteiger partial charge in [0.15, 0.2) is 0 Å². The van der Waals surface area contributed by atoms with Crippen molar-refractivity contribution in [1.82, 2.24) is 14.5 Å². The van der Waals surface area contributed by atoms with Crippen LogP contribution in [0.2, 0.25) is 5.02 Å². The maximum Gasteiger partial charge on any atom is 0.243 e. The summed E-state index contributed by atoms with van der Waals surface area (Å²) in [4.78, 5) is 17.8. The lowest BCUT2D eigenvalue weighted by atomic mass is 10.1. The van der Waals surface area contributed by atoms with E-state index in [-0.39, 0.29) is 5.91 Å². The molecule has 106 valence electrons. The number of rotatable bonds is 5. The van der Waals surface area contributed by atoms with Crippen LogP contribution in [0.25, 0.3) is 0 Å². The van der Waals surface area contributed by atoms with Gasteiger partial charge in [0.1, 0.15) is 6.04 Å². The number of aromatic nitrogens is 2. The average molecular weight is 293 g/mol. The molecule has 0 aliphatic rings. The van der Waals surface area contributed by atoms with Gasteiger partial charge in [-0.15, -0.1) is 0 Å². The van der Waals surface area contributed by atoms with Crippen molar-refractivity contribution in [3.05, 3.63) is 53.6 Å². The molecule has 0 spiro atoms. The van der Waals surface area contributed by atoms with Gasteiger partial charge in [-0.25, -0.2) is 4.98 Å². The van der Waals surface area contributed by atoms with E-state index in [1.165, 1.54) is 0 Å². The second-order valence-electron chi connectivity index (χ2n) is 4.59. The van der Waals surface area contributed by atoms with Gasteiger partial charge in [-0.1, -0.05) is 23.7 Å². The van der Waals surface area contributed by atoms with Crippen molar-refractivity contribution in [3.63, 3.8) is 0 Å². The van der Waals surface area contributed by atoms with Gasteiger partial charge in [0.25, 0.3) is 0 Å². The Balaban J connectivity index is 1.93. The molecule has 0 aliphatic carbocycles. The molecule has 2 N–H and O–H groups in total. The normalized spacial score (nSPS) is 12.2. The van der Waals surface area contributed by atoms with Crippen LogP contribution in [0, 0.1) is 0 Å². The average Bonchev–Trinajstić information content (AvgIpc) is 2.97. The quantitative estimate of drug-likeness (QED) is 0.912. The highest BCUT2D eigenvalue weighted by Crippen LogP contribution is 2.16. The topological polar surface area (TPSA) is 64.2 Å². The van der Waals surface area contributed by atoms with Crippen LogP contribution < -0.4 is 5.73 Å². The number of hydrogen-bond donors (Lipinski definition) is 1. The van der Waals surface area contributed by atoms with E-state index in [1.54, 1.807) is 48.7 Å². The minimum Gasteiger partial charge on any atom is -0.342 e. The molecular formula is C14H17ClN4O. The minimum atomic E-state index is -0.667. The lowest BCUT2D eigenvalue weighted by Crippen LogP contribution is -2.37. The molecular weight excluding hydrogens is 276 g/mol. The summed E-state index contributed by atoms with van der Waals surface area (Å²) in [6.07, 6.45) is 5.29. The van der Waals surface area contributed by atoms with Crippen LogP contribution in [0.5, 0.6) is 0 Å². The fourth-order valence-corrected chi connectivity index (χ4v) is 1.97. The van der Waals surface area contributed by atoms with Crippen LogP contribution in [0.15, 0.2) is 43.0 Å². The summed E-state index contributed by atoms with van der Waals surface area (Å²) >= 11 is 5.82. The van der Waals surface area contributed by atoms with Gasteiger partial charge < -0.3 is 15.2 Å². The first kappa shape index (κ1) is 14.6. The van der Waals surface area contributed by atoms with Gasteiger partial charge in [0.2, 0.25) is 5.91 Å². The number of benzene rings is 1. The lowest BCUT2D eigenvalue weighted by Gasteiger charge is -2.21. The monoisotopic (exact) mass is 292 g/mol. The molecule has 1 amide bonds. The summed E-state index contributed by atoms with van der Waals surface area (Å²) in [5.41, 5.74) is 6.74. The second kappa shape index (κ2) is 6.54. The minimum absolute atomic E-state index is 0.118. The van der Waals surface area contributed by atoms with Crippen molar-refractivity contribution >= 4 is 17.5 Å². The van der Waals surface area contributed by atoms with E-state index in [1.807, 2.05) is 10.8 Å². The summed E-state index contributed by atoms with van der Waals surface area (Å²) in [6, 6.07) is 6.34. The van der Waals surface area contributed by atoms with Gasteiger partial charge in [0.05, 0.1) is 6.33 Å². The van der Waals surface area contributed by atoms with E-state index in [9.17, 15) is 4.79 Å². The van der Waals surface area contributed by atoms with E-state index in [2.05, 4.69) is 4.98 Å². The summed E-state index contributed by atoms with van der Waals surface area (Å²) in [7, 11) is 1.75. The van der Waals surface area contributed by atoms with Crippen LogP contribution in [0.3, 0.4) is 0 Å². The molecule has 1 aromatic carbocycles. The second-order valence-corrected chi connectivity index (χ2v) is 5.03. The predicted octanol–water partition coefficient (Wildman–Crippen LogP) is 1.69. The van der Waals surface area contributed by atoms with Crippen molar-refractivity contribution in [3.8, 4) is 0 Å². The lowest BCUT2D eigenvalue weighted by molar-refractivity contribution is -0.131. The molecule has 1 heterocycles. The Morgan fingerprint density at radius 2 is 2.15 bits per heavy atom. The van der Waals surface area contributed by atoms with Gasteiger partial charge in [-0.2, -0.15) is 0 Å². The third-order valence-electron chi connectivity index (χ3n) is 3.12. The van der Waals surface area contributed by atoms with Gasteiger partial charge in [0, 0.05) is 37.6 Å². The number of halogens is 1. The Morgan fingerprint density at radius 1 is 1.45 bits per heavy atom. The molecule has 0 bridgehead atoms. The molecule has 0 radical (unpaired) electrons. The van der Waals surface area contributed by atoms with Crippen molar-refractivity contribution in [2.24, 2.45) is 5.73 Å². The van der Waals surface area contributed by atoms with E-state index in [0.717, 1.165) is 5.56 Å². The van der Waals surface area contributed by atoms with Crippen LogP contribution in [-0.4, -0.2) is 34.0 Å². The maximum absolute atomic E-state index is 12.2. The zero-order valence-corrected chi connectivity index (χ0v) is 12.0. The number of likely N-dealkylation sites (N-methyl/N-ethyl adjacent to an activating group) is 1. The van der Waals surface area contributed by atoms with Crippen LogP contribution >= 0.6 is 11.6 Å². The molecule has 2 aromatic rings. The first-order valence-electron chi connectivity index (χ1n) is 6.29. The number of amides is 1. The van der Waals surface area contributed by atoms with Gasteiger partial charge in [-0.05, 0) is 17.7 Å². The fourth-order valence-electron chi connectivity index (χ4n) is 1.84. The summed E-state index contributed by atoms with van der Waals surface area (Å²) in [6.45, 7) is 1.27. The number of carbonyl (C=O) groups is 1. The molecule has 1 aromatic heterocycles. The Hall–Kier alpha value is -1.85. The van der Waals surface area contributed by atoms with Crippen LogP contribution in [-0.2, 0) is 11.3 Å². The third-order valence-corrected chi connectivity index (χ3v) is 3.38. The van der Waals surface area contributed by atoms with Crippen molar-refractivity contribution in [2.45, 2.75) is 12.6 Å². The highest BCUT2D eigenvalue weighted by molar-refractivity contribution is 6.30. The Kier molecular flexibility index (Phi) is 4.76. The fraction of sp³-hybridized carbons (Fsp3) is 0.286. The van der Waals surface area contributed by atoms with Crippen molar-refractivity contribution in [2.75, 3.05) is 13.6 Å². The molecule has 5 nitrogen and oxygen atoms in total. The molecule has 0 saturated carbocycles. The number of hydrogen-bond acceptors (Lipinski definition) is 3. The molecule has 0 saturated heterocycles. The summed E-state index contributed by atoms with van der Waals surface area (Å²) in [5.74, 6) is -0.118. The molecule has 1 unspecified atom stereocenters. The zero-order chi connectivity index (χ0) is 14.5. The first-order valence-corrected chi connectivity index (χ1v) is 6.67. The predicted molar refractivity (Wildman–Crippen MR) is 78.2 cm³/mol. The number of nitrogens with zero attached hydrogens (tertiary/aromatic N) is 3. The summed E-state index contributed by atoms with van der Waals surface area (Å²) < 4.78 is 1.91. The van der Waals surface area contributed by atoms with Gasteiger partial charge >= 0.3 is 0 Å². The molecule has 0 fully saturated rings. The molecule has 20 heavy (non-hydrogen) atoms.